The average molecular weight is 379 g/mol. The van der Waals surface area contributed by atoms with Crippen molar-refractivity contribution in [3.8, 4) is 5.75 Å². The van der Waals surface area contributed by atoms with Crippen LogP contribution in [-0.4, -0.2) is 25.2 Å². The molecule has 1 atom stereocenters. The first-order valence-electron chi connectivity index (χ1n) is 9.68. The second kappa shape index (κ2) is 7.68. The number of furan rings is 1. The number of hydrogen-bond donors (Lipinski definition) is 1. The highest BCUT2D eigenvalue weighted by Crippen LogP contribution is 2.31. The van der Waals surface area contributed by atoms with Crippen molar-refractivity contribution in [1.82, 2.24) is 0 Å². The number of nitrogens with one attached hydrogen (secondary N) is 1. The van der Waals surface area contributed by atoms with Crippen LogP contribution >= 0.6 is 0 Å². The van der Waals surface area contributed by atoms with Gasteiger partial charge in [0.2, 0.25) is 0 Å². The Morgan fingerprint density at radius 2 is 2.07 bits per heavy atom. The van der Waals surface area contributed by atoms with Crippen molar-refractivity contribution in [3.05, 3.63) is 58.8 Å². The highest BCUT2D eigenvalue weighted by Gasteiger charge is 2.21. The molecule has 2 heterocycles. The van der Waals surface area contributed by atoms with Crippen molar-refractivity contribution in [3.63, 3.8) is 0 Å². The molecule has 1 aliphatic heterocycles. The summed E-state index contributed by atoms with van der Waals surface area (Å²) in [4.78, 5) is 12.9. The molecule has 1 aliphatic rings. The predicted molar refractivity (Wildman–Crippen MR) is 109 cm³/mol. The van der Waals surface area contributed by atoms with Gasteiger partial charge in [0.15, 0.2) is 5.76 Å². The molecule has 2 aromatic carbocycles. The van der Waals surface area contributed by atoms with Crippen LogP contribution < -0.4 is 10.1 Å². The first-order valence-corrected chi connectivity index (χ1v) is 9.68. The summed E-state index contributed by atoms with van der Waals surface area (Å²) < 4.78 is 17.5. The molecule has 1 saturated heterocycles. The van der Waals surface area contributed by atoms with Gasteiger partial charge in [-0.3, -0.25) is 4.79 Å². The lowest BCUT2D eigenvalue weighted by atomic mass is 10.1. The molecule has 146 valence electrons. The molecule has 1 N–H and O–H groups in total. The van der Waals surface area contributed by atoms with E-state index in [1.165, 1.54) is 0 Å². The highest BCUT2D eigenvalue weighted by molar-refractivity contribution is 6.07. The topological polar surface area (TPSA) is 60.7 Å². The van der Waals surface area contributed by atoms with E-state index in [0.29, 0.717) is 23.8 Å². The maximum Gasteiger partial charge on any atom is 0.291 e. The van der Waals surface area contributed by atoms with E-state index in [0.717, 1.165) is 47.1 Å². The van der Waals surface area contributed by atoms with Gasteiger partial charge in [0.1, 0.15) is 17.9 Å². The Balaban J connectivity index is 1.57. The lowest BCUT2D eigenvalue weighted by molar-refractivity contribution is 0.0681. The fraction of sp³-hybridized carbons (Fsp3) is 0.348. The van der Waals surface area contributed by atoms with E-state index >= 15 is 0 Å². The van der Waals surface area contributed by atoms with Crippen LogP contribution in [0.15, 0.2) is 40.8 Å². The van der Waals surface area contributed by atoms with E-state index in [1.807, 2.05) is 57.2 Å². The third kappa shape index (κ3) is 3.62. The van der Waals surface area contributed by atoms with Crippen LogP contribution in [0.2, 0.25) is 0 Å². The summed E-state index contributed by atoms with van der Waals surface area (Å²) in [7, 11) is 0. The summed E-state index contributed by atoms with van der Waals surface area (Å²) in [5.74, 6) is 0.697. The lowest BCUT2D eigenvalue weighted by Crippen LogP contribution is -2.18. The van der Waals surface area contributed by atoms with Crippen molar-refractivity contribution < 1.29 is 18.7 Å². The second-order valence-electron chi connectivity index (χ2n) is 7.41. The molecule has 1 aromatic heterocycles. The van der Waals surface area contributed by atoms with Gasteiger partial charge in [0.05, 0.1) is 11.8 Å². The molecule has 5 heteroatoms. The van der Waals surface area contributed by atoms with Crippen molar-refractivity contribution in [2.45, 2.75) is 39.7 Å². The minimum absolute atomic E-state index is 0.115. The van der Waals surface area contributed by atoms with E-state index in [4.69, 9.17) is 13.9 Å². The molecule has 1 amide bonds. The van der Waals surface area contributed by atoms with Crippen LogP contribution in [0, 0.1) is 20.8 Å². The summed E-state index contributed by atoms with van der Waals surface area (Å²) in [6.07, 6.45) is 2.19. The zero-order valence-electron chi connectivity index (χ0n) is 16.5. The number of benzene rings is 2. The monoisotopic (exact) mass is 379 g/mol. The van der Waals surface area contributed by atoms with E-state index < -0.39 is 0 Å². The lowest BCUT2D eigenvalue weighted by Gasteiger charge is -2.15. The van der Waals surface area contributed by atoms with Crippen LogP contribution in [0.5, 0.6) is 5.75 Å². The molecule has 5 nitrogen and oxygen atoms in total. The molecule has 28 heavy (non-hydrogen) atoms. The minimum Gasteiger partial charge on any atom is -0.489 e. The van der Waals surface area contributed by atoms with Gasteiger partial charge in [-0.2, -0.15) is 0 Å². The smallest absolute Gasteiger partial charge is 0.291 e. The van der Waals surface area contributed by atoms with Crippen LogP contribution in [0.1, 0.15) is 40.1 Å². The molecule has 1 unspecified atom stereocenters. The number of carbonyl (C=O) groups is 1. The number of ether oxygens (including phenoxy) is 2. The van der Waals surface area contributed by atoms with Gasteiger partial charge >= 0.3 is 0 Å². The van der Waals surface area contributed by atoms with Gasteiger partial charge in [-0.05, 0) is 56.9 Å². The van der Waals surface area contributed by atoms with Crippen molar-refractivity contribution in [1.29, 1.82) is 0 Å². The number of para-hydroxylation sites is 1. The van der Waals surface area contributed by atoms with Gasteiger partial charge in [-0.15, -0.1) is 0 Å². The Labute approximate surface area is 164 Å². The number of fused-ring (bicyclic) bond motifs is 1. The molecule has 0 saturated carbocycles. The molecule has 0 spiro atoms. The second-order valence-corrected chi connectivity index (χ2v) is 7.41. The molecular formula is C23H25NO4. The molecule has 3 aromatic rings. The Bertz CT molecular complexity index is 1010. The number of anilines is 1. The van der Waals surface area contributed by atoms with Gasteiger partial charge in [-0.1, -0.05) is 24.3 Å². The predicted octanol–water partition coefficient (Wildman–Crippen LogP) is 5.17. The molecule has 1 fully saturated rings. The minimum atomic E-state index is -0.279. The molecule has 4 rings (SSSR count). The Morgan fingerprint density at radius 1 is 1.21 bits per heavy atom. The van der Waals surface area contributed by atoms with Crippen molar-refractivity contribution >= 4 is 22.6 Å². The largest absolute Gasteiger partial charge is 0.489 e. The van der Waals surface area contributed by atoms with E-state index in [2.05, 4.69) is 5.32 Å². The first-order chi connectivity index (χ1) is 13.5. The molecule has 0 bridgehead atoms. The average Bonchev–Trinajstić information content (AvgIpc) is 3.31. The highest BCUT2D eigenvalue weighted by atomic mass is 16.5. The number of aryl methyl sites for hydroxylation is 3. The summed E-state index contributed by atoms with van der Waals surface area (Å²) in [5, 5.41) is 3.91. The SMILES string of the molecule is Cc1ccc(NC(=O)c2oc3c(C)cccc3c2C)c(OCC2CCCO2)c1. The fourth-order valence-electron chi connectivity index (χ4n) is 3.59. The van der Waals surface area contributed by atoms with Crippen LogP contribution in [0.4, 0.5) is 5.69 Å². The Morgan fingerprint density at radius 3 is 2.82 bits per heavy atom. The van der Waals surface area contributed by atoms with E-state index in [-0.39, 0.29) is 12.0 Å². The maximum atomic E-state index is 12.9. The third-order valence-electron chi connectivity index (χ3n) is 5.20. The maximum absolute atomic E-state index is 12.9. The van der Waals surface area contributed by atoms with Gasteiger partial charge < -0.3 is 19.2 Å². The van der Waals surface area contributed by atoms with Crippen LogP contribution in [-0.2, 0) is 4.74 Å². The van der Waals surface area contributed by atoms with Gasteiger partial charge in [-0.25, -0.2) is 0 Å². The molecule has 0 radical (unpaired) electrons. The molecular weight excluding hydrogens is 354 g/mol. The third-order valence-corrected chi connectivity index (χ3v) is 5.20. The summed E-state index contributed by atoms with van der Waals surface area (Å²) in [6.45, 7) is 7.15. The molecule has 0 aliphatic carbocycles. The number of rotatable bonds is 5. The van der Waals surface area contributed by atoms with Crippen molar-refractivity contribution in [2.24, 2.45) is 0 Å². The standard InChI is InChI=1S/C23H25NO4/c1-14-9-10-19(20(12-14)27-13-17-7-5-11-26-17)24-23(25)22-16(3)18-8-4-6-15(2)21(18)28-22/h4,6,8-10,12,17H,5,7,11,13H2,1-3H3,(H,24,25). The van der Waals surface area contributed by atoms with E-state index in [1.54, 1.807) is 0 Å². The number of amides is 1. The summed E-state index contributed by atoms with van der Waals surface area (Å²) >= 11 is 0. The van der Waals surface area contributed by atoms with Crippen molar-refractivity contribution in [2.75, 3.05) is 18.5 Å². The van der Waals surface area contributed by atoms with Crippen LogP contribution in [0.25, 0.3) is 11.0 Å². The Kier molecular flexibility index (Phi) is 5.09. The quantitative estimate of drug-likeness (QED) is 0.664. The first kappa shape index (κ1) is 18.6. The van der Waals surface area contributed by atoms with Gasteiger partial charge in [0, 0.05) is 17.6 Å². The number of hydrogen-bond acceptors (Lipinski definition) is 4. The zero-order valence-corrected chi connectivity index (χ0v) is 16.5. The normalized spacial score (nSPS) is 16.5. The Hall–Kier alpha value is -2.79. The van der Waals surface area contributed by atoms with Gasteiger partial charge in [0.25, 0.3) is 5.91 Å². The van der Waals surface area contributed by atoms with E-state index in [9.17, 15) is 4.79 Å². The fourth-order valence-corrected chi connectivity index (χ4v) is 3.59. The summed E-state index contributed by atoms with van der Waals surface area (Å²) in [6, 6.07) is 11.7. The van der Waals surface area contributed by atoms with Crippen LogP contribution in [0.3, 0.4) is 0 Å². The number of carbonyl (C=O) groups excluding carboxylic acids is 1. The summed E-state index contributed by atoms with van der Waals surface area (Å²) in [5.41, 5.74) is 4.30. The zero-order chi connectivity index (χ0) is 19.7.